The van der Waals surface area contributed by atoms with Crippen molar-refractivity contribution in [3.8, 4) is 11.3 Å². The number of hydrogen-bond donors (Lipinski definition) is 1. The van der Waals surface area contributed by atoms with Crippen LogP contribution in [0.4, 0.5) is 0 Å². The Bertz CT molecular complexity index is 1120. The number of hydrogen-bond acceptors (Lipinski definition) is 3. The quantitative estimate of drug-likeness (QED) is 0.614. The summed E-state index contributed by atoms with van der Waals surface area (Å²) in [4.78, 5) is 0.254. The second kappa shape index (κ2) is 5.62. The molecule has 1 N–H and O–H groups in total. The summed E-state index contributed by atoms with van der Waals surface area (Å²) in [7, 11) is -3.64. The fraction of sp³-hybridized carbons (Fsp3) is 0. The number of benzene rings is 3. The summed E-state index contributed by atoms with van der Waals surface area (Å²) in [5.41, 5.74) is 1.48. The molecule has 5 heteroatoms. The third-order valence-electron chi connectivity index (χ3n) is 3.94. The molecule has 0 radical (unpaired) electrons. The molecule has 0 spiro atoms. The minimum Gasteiger partial charge on any atom is -0.266 e. The van der Waals surface area contributed by atoms with E-state index in [2.05, 4.69) is 10.2 Å². The van der Waals surface area contributed by atoms with Gasteiger partial charge in [0, 0.05) is 11.6 Å². The standard InChI is InChI=1S/C19H14N2O2S/c22-24(23,17-11-10-14-6-4-5-9-16(14)12-17)19-13-18(20-21-19)15-7-2-1-3-8-15/h1-13H,(H,20,21). The highest BCUT2D eigenvalue weighted by atomic mass is 32.2. The molecule has 0 unspecified atom stereocenters. The molecule has 0 aliphatic heterocycles. The first-order chi connectivity index (χ1) is 11.6. The van der Waals surface area contributed by atoms with Crippen LogP contribution in [0, 0.1) is 0 Å². The smallest absolute Gasteiger partial charge is 0.223 e. The largest absolute Gasteiger partial charge is 0.266 e. The summed E-state index contributed by atoms with van der Waals surface area (Å²) in [6.07, 6.45) is 0. The highest BCUT2D eigenvalue weighted by Gasteiger charge is 2.21. The van der Waals surface area contributed by atoms with E-state index in [0.717, 1.165) is 16.3 Å². The molecule has 0 fully saturated rings. The van der Waals surface area contributed by atoms with Gasteiger partial charge in [0.2, 0.25) is 9.84 Å². The molecule has 4 nitrogen and oxygen atoms in total. The van der Waals surface area contributed by atoms with Crippen LogP contribution >= 0.6 is 0 Å². The Kier molecular flexibility index (Phi) is 3.43. The molecule has 4 rings (SSSR count). The van der Waals surface area contributed by atoms with Gasteiger partial charge in [-0.2, -0.15) is 5.10 Å². The predicted octanol–water partition coefficient (Wildman–Crippen LogP) is 4.06. The van der Waals surface area contributed by atoms with Gasteiger partial charge in [-0.3, -0.25) is 5.10 Å². The number of nitrogens with zero attached hydrogens (tertiary/aromatic N) is 1. The maximum Gasteiger partial charge on any atom is 0.223 e. The van der Waals surface area contributed by atoms with E-state index in [0.29, 0.717) is 5.69 Å². The maximum absolute atomic E-state index is 12.9. The Morgan fingerprint density at radius 3 is 2.25 bits per heavy atom. The second-order valence-corrected chi connectivity index (χ2v) is 7.41. The summed E-state index contributed by atoms with van der Waals surface area (Å²) in [6.45, 7) is 0. The molecule has 4 aromatic rings. The van der Waals surface area contributed by atoms with E-state index >= 15 is 0 Å². The van der Waals surface area contributed by atoms with Gasteiger partial charge in [-0.05, 0) is 22.9 Å². The molecule has 1 heterocycles. The van der Waals surface area contributed by atoms with Crippen LogP contribution in [0.25, 0.3) is 22.0 Å². The normalized spacial score (nSPS) is 11.7. The molecule has 0 saturated carbocycles. The SMILES string of the molecule is O=S(=O)(c1ccc2ccccc2c1)c1cc(-c2ccccc2)n[nH]1. The minimum atomic E-state index is -3.64. The zero-order chi connectivity index (χ0) is 16.6. The van der Waals surface area contributed by atoms with Gasteiger partial charge in [0.15, 0.2) is 5.03 Å². The molecule has 0 atom stereocenters. The van der Waals surface area contributed by atoms with Gasteiger partial charge in [-0.1, -0.05) is 60.7 Å². The van der Waals surface area contributed by atoms with Gasteiger partial charge < -0.3 is 0 Å². The summed E-state index contributed by atoms with van der Waals surface area (Å²) in [5.74, 6) is 0. The molecule has 0 aliphatic rings. The van der Waals surface area contributed by atoms with Crippen LogP contribution in [0.15, 0.2) is 88.8 Å². The van der Waals surface area contributed by atoms with Crippen molar-refractivity contribution in [2.45, 2.75) is 9.92 Å². The van der Waals surface area contributed by atoms with Crippen LogP contribution < -0.4 is 0 Å². The number of aromatic nitrogens is 2. The number of fused-ring (bicyclic) bond motifs is 1. The van der Waals surface area contributed by atoms with Crippen LogP contribution in [0.3, 0.4) is 0 Å². The lowest BCUT2D eigenvalue weighted by Crippen LogP contribution is -2.02. The highest BCUT2D eigenvalue weighted by molar-refractivity contribution is 7.91. The van der Waals surface area contributed by atoms with Crippen molar-refractivity contribution in [1.82, 2.24) is 10.2 Å². The van der Waals surface area contributed by atoms with Crippen molar-refractivity contribution >= 4 is 20.6 Å². The summed E-state index contributed by atoms with van der Waals surface area (Å²) < 4.78 is 25.7. The van der Waals surface area contributed by atoms with Crippen molar-refractivity contribution in [1.29, 1.82) is 0 Å². The predicted molar refractivity (Wildman–Crippen MR) is 93.4 cm³/mol. The molecular formula is C19H14N2O2S. The van der Waals surface area contributed by atoms with Crippen LogP contribution in [0.1, 0.15) is 0 Å². The van der Waals surface area contributed by atoms with E-state index in [1.807, 2.05) is 60.7 Å². The van der Waals surface area contributed by atoms with Gasteiger partial charge in [0.1, 0.15) is 0 Å². The molecule has 24 heavy (non-hydrogen) atoms. The van der Waals surface area contributed by atoms with Gasteiger partial charge in [0.05, 0.1) is 10.6 Å². The van der Waals surface area contributed by atoms with Crippen LogP contribution in [-0.4, -0.2) is 18.6 Å². The number of nitrogens with one attached hydrogen (secondary N) is 1. The number of rotatable bonds is 3. The van der Waals surface area contributed by atoms with E-state index in [1.54, 1.807) is 18.2 Å². The lowest BCUT2D eigenvalue weighted by molar-refractivity contribution is 0.592. The fourth-order valence-corrected chi connectivity index (χ4v) is 3.88. The summed E-state index contributed by atoms with van der Waals surface area (Å²) >= 11 is 0. The van der Waals surface area contributed by atoms with Gasteiger partial charge in [-0.15, -0.1) is 0 Å². The van der Waals surface area contributed by atoms with Crippen LogP contribution in [0.5, 0.6) is 0 Å². The third kappa shape index (κ3) is 2.49. The first-order valence-corrected chi connectivity index (χ1v) is 8.98. The minimum absolute atomic E-state index is 0.0941. The number of H-pyrrole nitrogens is 1. The first kappa shape index (κ1) is 14.7. The monoisotopic (exact) mass is 334 g/mol. The van der Waals surface area contributed by atoms with E-state index in [4.69, 9.17) is 0 Å². The van der Waals surface area contributed by atoms with E-state index in [-0.39, 0.29) is 9.92 Å². The molecule has 0 bridgehead atoms. The zero-order valence-electron chi connectivity index (χ0n) is 12.7. The van der Waals surface area contributed by atoms with E-state index in [1.165, 1.54) is 0 Å². The van der Waals surface area contributed by atoms with E-state index < -0.39 is 9.84 Å². The lowest BCUT2D eigenvalue weighted by Gasteiger charge is -2.03. The van der Waals surface area contributed by atoms with Crippen LogP contribution in [0.2, 0.25) is 0 Å². The molecule has 118 valence electrons. The molecule has 0 aliphatic carbocycles. The van der Waals surface area contributed by atoms with Gasteiger partial charge >= 0.3 is 0 Å². The number of aromatic amines is 1. The van der Waals surface area contributed by atoms with Crippen molar-refractivity contribution in [2.75, 3.05) is 0 Å². The topological polar surface area (TPSA) is 62.8 Å². The summed E-state index contributed by atoms with van der Waals surface area (Å²) in [5, 5.41) is 8.78. The molecular weight excluding hydrogens is 320 g/mol. The Morgan fingerprint density at radius 2 is 1.46 bits per heavy atom. The highest BCUT2D eigenvalue weighted by Crippen LogP contribution is 2.26. The average Bonchev–Trinajstić information content (AvgIpc) is 3.13. The Morgan fingerprint density at radius 1 is 0.750 bits per heavy atom. The zero-order valence-corrected chi connectivity index (χ0v) is 13.5. The molecule has 1 aromatic heterocycles. The average molecular weight is 334 g/mol. The Balaban J connectivity index is 1.78. The van der Waals surface area contributed by atoms with Gasteiger partial charge in [-0.25, -0.2) is 8.42 Å². The van der Waals surface area contributed by atoms with Gasteiger partial charge in [0.25, 0.3) is 0 Å². The summed E-state index contributed by atoms with van der Waals surface area (Å²) in [6, 6.07) is 23.8. The third-order valence-corrected chi connectivity index (χ3v) is 5.61. The molecule has 3 aromatic carbocycles. The maximum atomic E-state index is 12.9. The van der Waals surface area contributed by atoms with E-state index in [9.17, 15) is 8.42 Å². The number of sulfone groups is 1. The van der Waals surface area contributed by atoms with Crippen molar-refractivity contribution in [3.05, 3.63) is 78.9 Å². The van der Waals surface area contributed by atoms with Crippen LogP contribution in [-0.2, 0) is 9.84 Å². The van der Waals surface area contributed by atoms with Crippen molar-refractivity contribution in [3.63, 3.8) is 0 Å². The van der Waals surface area contributed by atoms with Crippen molar-refractivity contribution < 1.29 is 8.42 Å². The Labute approximate surface area is 139 Å². The molecule has 0 saturated heterocycles. The Hall–Kier alpha value is -2.92. The fourth-order valence-electron chi connectivity index (χ4n) is 2.66. The van der Waals surface area contributed by atoms with Crippen molar-refractivity contribution in [2.24, 2.45) is 0 Å². The first-order valence-electron chi connectivity index (χ1n) is 7.49. The lowest BCUT2D eigenvalue weighted by atomic mass is 10.1. The second-order valence-electron chi connectivity index (χ2n) is 5.50. The molecule has 0 amide bonds.